The number of benzene rings is 1. The fourth-order valence-corrected chi connectivity index (χ4v) is 2.39. The molecule has 0 radical (unpaired) electrons. The van der Waals surface area contributed by atoms with Crippen LogP contribution in [0.3, 0.4) is 0 Å². The first-order chi connectivity index (χ1) is 10.2. The summed E-state index contributed by atoms with van der Waals surface area (Å²) < 4.78 is 18.7. The molecule has 0 aliphatic carbocycles. The topological polar surface area (TPSA) is 42.4 Å². The van der Waals surface area contributed by atoms with Crippen LogP contribution in [-0.4, -0.2) is 35.5 Å². The van der Waals surface area contributed by atoms with Crippen molar-refractivity contribution < 1.29 is 13.9 Å². The van der Waals surface area contributed by atoms with Crippen molar-refractivity contribution in [2.75, 3.05) is 19.7 Å². The van der Waals surface area contributed by atoms with Crippen LogP contribution in [0.1, 0.15) is 22.0 Å². The number of aromatic nitrogens is 1. The Labute approximate surface area is 122 Å². The van der Waals surface area contributed by atoms with Crippen molar-refractivity contribution in [3.8, 4) is 0 Å². The molecule has 1 aromatic carbocycles. The summed E-state index contributed by atoms with van der Waals surface area (Å²) in [5, 5.41) is 0. The lowest BCUT2D eigenvalue weighted by Crippen LogP contribution is -2.42. The van der Waals surface area contributed by atoms with E-state index in [2.05, 4.69) is 4.98 Å². The molecule has 21 heavy (non-hydrogen) atoms. The fourth-order valence-electron chi connectivity index (χ4n) is 2.39. The quantitative estimate of drug-likeness (QED) is 0.851. The van der Waals surface area contributed by atoms with E-state index in [0.717, 1.165) is 5.56 Å². The van der Waals surface area contributed by atoms with Crippen LogP contribution < -0.4 is 0 Å². The first-order valence-electron chi connectivity index (χ1n) is 6.80. The Bertz CT molecular complexity index is 616. The summed E-state index contributed by atoms with van der Waals surface area (Å²) in [5.74, 6) is -0.313. The monoisotopic (exact) mass is 286 g/mol. The van der Waals surface area contributed by atoms with E-state index in [1.807, 2.05) is 0 Å². The van der Waals surface area contributed by atoms with Gasteiger partial charge in [-0.25, -0.2) is 4.39 Å². The Morgan fingerprint density at radius 1 is 1.19 bits per heavy atom. The van der Waals surface area contributed by atoms with Gasteiger partial charge in [-0.2, -0.15) is 0 Å². The predicted octanol–water partition coefficient (Wildman–Crippen LogP) is 2.43. The van der Waals surface area contributed by atoms with Crippen molar-refractivity contribution in [1.29, 1.82) is 0 Å². The minimum absolute atomic E-state index is 0.0344. The Morgan fingerprint density at radius 2 is 1.90 bits per heavy atom. The van der Waals surface area contributed by atoms with Crippen LogP contribution in [0.4, 0.5) is 4.39 Å². The number of hydrogen-bond donors (Lipinski definition) is 0. The summed E-state index contributed by atoms with van der Waals surface area (Å²) in [6.45, 7) is 1.49. The van der Waals surface area contributed by atoms with E-state index in [1.165, 1.54) is 12.1 Å². The second kappa shape index (κ2) is 6.01. The van der Waals surface area contributed by atoms with E-state index in [4.69, 9.17) is 4.74 Å². The average molecular weight is 286 g/mol. The second-order valence-corrected chi connectivity index (χ2v) is 4.90. The molecular weight excluding hydrogens is 271 g/mol. The lowest BCUT2D eigenvalue weighted by molar-refractivity contribution is -0.0228. The summed E-state index contributed by atoms with van der Waals surface area (Å²) in [6, 6.07) is 9.60. The Morgan fingerprint density at radius 3 is 2.62 bits per heavy atom. The second-order valence-electron chi connectivity index (χ2n) is 4.90. The van der Waals surface area contributed by atoms with Crippen LogP contribution in [0, 0.1) is 5.82 Å². The largest absolute Gasteiger partial charge is 0.370 e. The minimum atomic E-state index is -0.278. The fraction of sp³-hybridized carbons (Fsp3) is 0.250. The maximum absolute atomic E-state index is 13.0. The molecule has 2 heterocycles. The third kappa shape index (κ3) is 3.08. The molecule has 1 fully saturated rings. The van der Waals surface area contributed by atoms with Gasteiger partial charge in [-0.05, 0) is 29.8 Å². The smallest absolute Gasteiger partial charge is 0.254 e. The van der Waals surface area contributed by atoms with Gasteiger partial charge in [-0.3, -0.25) is 9.78 Å². The van der Waals surface area contributed by atoms with Crippen molar-refractivity contribution in [2.24, 2.45) is 0 Å². The number of carbonyl (C=O) groups excluding carboxylic acids is 1. The molecule has 4 nitrogen and oxygen atoms in total. The number of halogens is 1. The number of rotatable bonds is 2. The van der Waals surface area contributed by atoms with Crippen molar-refractivity contribution in [1.82, 2.24) is 9.88 Å². The number of ether oxygens (including phenoxy) is 1. The zero-order valence-electron chi connectivity index (χ0n) is 11.4. The van der Waals surface area contributed by atoms with Crippen LogP contribution in [0.15, 0.2) is 48.8 Å². The van der Waals surface area contributed by atoms with Gasteiger partial charge in [0.1, 0.15) is 11.9 Å². The van der Waals surface area contributed by atoms with Gasteiger partial charge in [0, 0.05) is 24.5 Å². The van der Waals surface area contributed by atoms with Gasteiger partial charge < -0.3 is 9.64 Å². The van der Waals surface area contributed by atoms with Gasteiger partial charge in [0.15, 0.2) is 0 Å². The molecular formula is C16H15FN2O2. The van der Waals surface area contributed by atoms with Crippen molar-refractivity contribution in [3.63, 3.8) is 0 Å². The molecule has 3 rings (SSSR count). The highest BCUT2D eigenvalue weighted by Gasteiger charge is 2.26. The molecule has 0 N–H and O–H groups in total. The molecule has 0 spiro atoms. The van der Waals surface area contributed by atoms with Gasteiger partial charge in [0.25, 0.3) is 5.91 Å². The van der Waals surface area contributed by atoms with Gasteiger partial charge in [-0.1, -0.05) is 12.1 Å². The van der Waals surface area contributed by atoms with E-state index >= 15 is 0 Å². The van der Waals surface area contributed by atoms with Gasteiger partial charge >= 0.3 is 0 Å². The Balaban J connectivity index is 1.74. The summed E-state index contributed by atoms with van der Waals surface area (Å²) in [6.07, 6.45) is 2.99. The maximum Gasteiger partial charge on any atom is 0.254 e. The number of amides is 1. The van der Waals surface area contributed by atoms with Gasteiger partial charge in [0.2, 0.25) is 0 Å². The zero-order valence-corrected chi connectivity index (χ0v) is 11.4. The third-order valence-corrected chi connectivity index (χ3v) is 3.52. The van der Waals surface area contributed by atoms with E-state index < -0.39 is 0 Å². The molecule has 5 heteroatoms. The number of carbonyl (C=O) groups is 1. The summed E-state index contributed by atoms with van der Waals surface area (Å²) >= 11 is 0. The van der Waals surface area contributed by atoms with E-state index in [9.17, 15) is 9.18 Å². The van der Waals surface area contributed by atoms with Crippen molar-refractivity contribution >= 4 is 5.91 Å². The molecule has 1 aliphatic rings. The first-order valence-corrected chi connectivity index (χ1v) is 6.80. The lowest BCUT2D eigenvalue weighted by atomic mass is 10.1. The van der Waals surface area contributed by atoms with Crippen molar-refractivity contribution in [3.05, 3.63) is 65.7 Å². The predicted molar refractivity (Wildman–Crippen MR) is 75.2 cm³/mol. The molecule has 2 aromatic rings. The molecule has 1 aliphatic heterocycles. The molecule has 1 atom stereocenters. The summed E-state index contributed by atoms with van der Waals surface area (Å²) in [5.41, 5.74) is 1.49. The lowest BCUT2D eigenvalue weighted by Gasteiger charge is -2.33. The molecule has 0 saturated carbocycles. The molecule has 0 bridgehead atoms. The number of nitrogens with zero attached hydrogens (tertiary/aromatic N) is 2. The Kier molecular flexibility index (Phi) is 3.92. The standard InChI is InChI=1S/C16H15FN2O2/c17-14-3-1-12(2-4-14)15-11-19(9-10-21-15)16(20)13-5-7-18-8-6-13/h1-8,15H,9-11H2/t15-/m0/s1. The SMILES string of the molecule is O=C(c1ccncc1)N1CCO[C@H](c2ccc(F)cc2)C1. The number of morpholine rings is 1. The molecule has 108 valence electrons. The van der Waals surface area contributed by atoms with E-state index in [0.29, 0.717) is 25.3 Å². The number of pyridine rings is 1. The van der Waals surface area contributed by atoms with Crippen LogP contribution in [0.2, 0.25) is 0 Å². The normalized spacial score (nSPS) is 18.5. The first kappa shape index (κ1) is 13.7. The average Bonchev–Trinajstić information content (AvgIpc) is 2.56. The molecule has 0 unspecified atom stereocenters. The highest BCUT2D eigenvalue weighted by molar-refractivity contribution is 5.94. The van der Waals surface area contributed by atoms with Crippen LogP contribution in [0.5, 0.6) is 0 Å². The van der Waals surface area contributed by atoms with Gasteiger partial charge in [0.05, 0.1) is 13.2 Å². The highest BCUT2D eigenvalue weighted by atomic mass is 19.1. The summed E-state index contributed by atoms with van der Waals surface area (Å²) in [4.78, 5) is 18.1. The van der Waals surface area contributed by atoms with Crippen LogP contribution >= 0.6 is 0 Å². The van der Waals surface area contributed by atoms with Crippen LogP contribution in [0.25, 0.3) is 0 Å². The Hall–Kier alpha value is -2.27. The third-order valence-electron chi connectivity index (χ3n) is 3.52. The van der Waals surface area contributed by atoms with E-state index in [1.54, 1.807) is 41.6 Å². The molecule has 1 saturated heterocycles. The minimum Gasteiger partial charge on any atom is -0.370 e. The van der Waals surface area contributed by atoms with Crippen molar-refractivity contribution in [2.45, 2.75) is 6.10 Å². The molecule has 1 amide bonds. The zero-order chi connectivity index (χ0) is 14.7. The maximum atomic E-state index is 13.0. The van der Waals surface area contributed by atoms with Gasteiger partial charge in [-0.15, -0.1) is 0 Å². The van der Waals surface area contributed by atoms with E-state index in [-0.39, 0.29) is 17.8 Å². The summed E-state index contributed by atoms with van der Waals surface area (Å²) in [7, 11) is 0. The molecule has 1 aromatic heterocycles. The van der Waals surface area contributed by atoms with Crippen LogP contribution in [-0.2, 0) is 4.74 Å². The number of hydrogen-bond acceptors (Lipinski definition) is 3. The highest BCUT2D eigenvalue weighted by Crippen LogP contribution is 2.23.